The van der Waals surface area contributed by atoms with Crippen LogP contribution >= 0.6 is 15.9 Å². The summed E-state index contributed by atoms with van der Waals surface area (Å²) in [7, 11) is 0. The highest BCUT2D eigenvalue weighted by atomic mass is 79.9. The molecule has 1 aliphatic rings. The molecule has 2 heterocycles. The number of halogens is 1. The molecule has 3 rings (SSSR count). The molecule has 1 fully saturated rings. The molecule has 1 N–H and O–H groups in total. The van der Waals surface area contributed by atoms with E-state index >= 15 is 0 Å². The molecule has 7 heteroatoms. The van der Waals surface area contributed by atoms with E-state index in [4.69, 9.17) is 4.98 Å². The fraction of sp³-hybridized carbons (Fsp3) is 0.500. The monoisotopic (exact) mass is 459 g/mol. The van der Waals surface area contributed by atoms with Crippen molar-refractivity contribution in [2.75, 3.05) is 37.6 Å². The number of nitrogens with one attached hydrogen (secondary N) is 1. The van der Waals surface area contributed by atoms with Crippen LogP contribution in [0.3, 0.4) is 0 Å². The zero-order chi connectivity index (χ0) is 21.0. The normalized spacial score (nSPS) is 16.1. The summed E-state index contributed by atoms with van der Waals surface area (Å²) in [6.07, 6.45) is 0. The standard InChI is InChI=1S/C22H30BrN5O/c1-15(2)22-24-16(3)13-20(26-22)28-11-9-27(10-12-28)14-21(29)25-17(4)18-5-7-19(23)8-6-18/h5-8,13,15,17H,9-12,14H2,1-4H3,(H,25,29). The second-order valence-electron chi connectivity index (χ2n) is 7.98. The number of benzene rings is 1. The van der Waals surface area contributed by atoms with Gasteiger partial charge in [-0.2, -0.15) is 0 Å². The van der Waals surface area contributed by atoms with Gasteiger partial charge < -0.3 is 10.2 Å². The Morgan fingerprint density at radius 1 is 1.10 bits per heavy atom. The number of hydrogen-bond acceptors (Lipinski definition) is 5. The first-order valence-corrected chi connectivity index (χ1v) is 11.0. The molecule has 1 aliphatic heterocycles. The molecule has 6 nitrogen and oxygen atoms in total. The summed E-state index contributed by atoms with van der Waals surface area (Å²) in [6.45, 7) is 12.1. The quantitative estimate of drug-likeness (QED) is 0.713. The molecule has 1 aromatic carbocycles. The Hall–Kier alpha value is -1.99. The fourth-order valence-electron chi connectivity index (χ4n) is 3.45. The van der Waals surface area contributed by atoms with Crippen LogP contribution < -0.4 is 10.2 Å². The predicted octanol–water partition coefficient (Wildman–Crippen LogP) is 3.67. The number of carbonyl (C=O) groups is 1. The van der Waals surface area contributed by atoms with E-state index in [0.717, 1.165) is 53.6 Å². The van der Waals surface area contributed by atoms with Crippen molar-refractivity contribution < 1.29 is 4.79 Å². The van der Waals surface area contributed by atoms with Crippen LogP contribution in [0, 0.1) is 6.92 Å². The Morgan fingerprint density at radius 3 is 2.38 bits per heavy atom. The van der Waals surface area contributed by atoms with Gasteiger partial charge in [-0.1, -0.05) is 41.9 Å². The summed E-state index contributed by atoms with van der Waals surface area (Å²) >= 11 is 3.44. The minimum Gasteiger partial charge on any atom is -0.354 e. The summed E-state index contributed by atoms with van der Waals surface area (Å²) in [5.41, 5.74) is 2.11. The van der Waals surface area contributed by atoms with Crippen LogP contribution in [-0.4, -0.2) is 53.5 Å². The molecule has 2 aromatic rings. The largest absolute Gasteiger partial charge is 0.354 e. The van der Waals surface area contributed by atoms with E-state index in [9.17, 15) is 4.79 Å². The van der Waals surface area contributed by atoms with Crippen LogP contribution in [0.5, 0.6) is 0 Å². The Balaban J connectivity index is 1.50. The van der Waals surface area contributed by atoms with Gasteiger partial charge in [-0.25, -0.2) is 9.97 Å². The van der Waals surface area contributed by atoms with Gasteiger partial charge in [0.25, 0.3) is 0 Å². The lowest BCUT2D eigenvalue weighted by molar-refractivity contribution is -0.123. The van der Waals surface area contributed by atoms with Gasteiger partial charge in [0, 0.05) is 48.3 Å². The van der Waals surface area contributed by atoms with E-state index in [-0.39, 0.29) is 11.9 Å². The second kappa shape index (κ2) is 9.67. The Kier molecular flexibility index (Phi) is 7.24. The lowest BCUT2D eigenvalue weighted by Gasteiger charge is -2.35. The van der Waals surface area contributed by atoms with Gasteiger partial charge in [0.1, 0.15) is 11.6 Å². The summed E-state index contributed by atoms with van der Waals surface area (Å²) in [5.74, 6) is 2.26. The first kappa shape index (κ1) is 21.7. The number of piperazine rings is 1. The first-order valence-electron chi connectivity index (χ1n) is 10.2. The molecule has 1 atom stereocenters. The molecule has 1 aromatic heterocycles. The Bertz CT molecular complexity index is 832. The molecule has 1 saturated heterocycles. The molecule has 0 radical (unpaired) electrons. The van der Waals surface area contributed by atoms with Gasteiger partial charge in [0.15, 0.2) is 0 Å². The lowest BCUT2D eigenvalue weighted by atomic mass is 10.1. The van der Waals surface area contributed by atoms with Crippen LogP contribution in [-0.2, 0) is 4.79 Å². The van der Waals surface area contributed by atoms with E-state index < -0.39 is 0 Å². The molecule has 156 valence electrons. The predicted molar refractivity (Wildman–Crippen MR) is 120 cm³/mol. The maximum absolute atomic E-state index is 12.5. The molecular weight excluding hydrogens is 430 g/mol. The maximum Gasteiger partial charge on any atom is 0.234 e. The fourth-order valence-corrected chi connectivity index (χ4v) is 3.72. The van der Waals surface area contributed by atoms with Crippen LogP contribution in [0.15, 0.2) is 34.8 Å². The van der Waals surface area contributed by atoms with Crippen LogP contribution in [0.2, 0.25) is 0 Å². The van der Waals surface area contributed by atoms with Crippen LogP contribution in [0.25, 0.3) is 0 Å². The van der Waals surface area contributed by atoms with Crippen molar-refractivity contribution in [1.82, 2.24) is 20.2 Å². The van der Waals surface area contributed by atoms with Gasteiger partial charge in [-0.15, -0.1) is 0 Å². The summed E-state index contributed by atoms with van der Waals surface area (Å²) in [4.78, 5) is 26.3. The van der Waals surface area contributed by atoms with Crippen molar-refractivity contribution in [2.45, 2.75) is 39.7 Å². The molecule has 1 amide bonds. The molecule has 0 bridgehead atoms. The molecule has 29 heavy (non-hydrogen) atoms. The van der Waals surface area contributed by atoms with Gasteiger partial charge in [-0.3, -0.25) is 9.69 Å². The smallest absolute Gasteiger partial charge is 0.234 e. The second-order valence-corrected chi connectivity index (χ2v) is 8.90. The van der Waals surface area contributed by atoms with Crippen LogP contribution in [0.1, 0.15) is 49.8 Å². The highest BCUT2D eigenvalue weighted by Crippen LogP contribution is 2.19. The molecule has 0 saturated carbocycles. The number of anilines is 1. The van der Waals surface area contributed by atoms with E-state index in [1.54, 1.807) is 0 Å². The van der Waals surface area contributed by atoms with E-state index in [2.05, 4.69) is 49.9 Å². The number of nitrogens with zero attached hydrogens (tertiary/aromatic N) is 4. The minimum absolute atomic E-state index is 0.00432. The molecular formula is C22H30BrN5O. The van der Waals surface area contributed by atoms with Gasteiger partial charge in [-0.05, 0) is 31.5 Å². The van der Waals surface area contributed by atoms with E-state index in [0.29, 0.717) is 12.5 Å². The zero-order valence-corrected chi connectivity index (χ0v) is 19.2. The molecule has 0 spiro atoms. The van der Waals surface area contributed by atoms with Crippen LogP contribution in [0.4, 0.5) is 5.82 Å². The van der Waals surface area contributed by atoms with Gasteiger partial charge in [0.2, 0.25) is 5.91 Å². The minimum atomic E-state index is -0.00432. The molecule has 0 aliphatic carbocycles. The number of aryl methyl sites for hydroxylation is 1. The van der Waals surface area contributed by atoms with Crippen molar-refractivity contribution in [1.29, 1.82) is 0 Å². The number of rotatable bonds is 6. The summed E-state index contributed by atoms with van der Waals surface area (Å²) in [6, 6.07) is 10.1. The lowest BCUT2D eigenvalue weighted by Crippen LogP contribution is -2.50. The first-order chi connectivity index (χ1) is 13.8. The Morgan fingerprint density at radius 2 is 1.76 bits per heavy atom. The van der Waals surface area contributed by atoms with Gasteiger partial charge in [0.05, 0.1) is 12.6 Å². The number of carbonyl (C=O) groups excluding carboxylic acids is 1. The van der Waals surface area contributed by atoms with Crippen molar-refractivity contribution in [3.05, 3.63) is 51.9 Å². The topological polar surface area (TPSA) is 61.4 Å². The molecule has 1 unspecified atom stereocenters. The highest BCUT2D eigenvalue weighted by Gasteiger charge is 2.21. The third-order valence-corrected chi connectivity index (χ3v) is 5.71. The number of hydrogen-bond donors (Lipinski definition) is 1. The SMILES string of the molecule is Cc1cc(N2CCN(CC(=O)NC(C)c3ccc(Br)cc3)CC2)nc(C(C)C)n1. The maximum atomic E-state index is 12.5. The van der Waals surface area contributed by atoms with Crippen molar-refractivity contribution >= 4 is 27.7 Å². The summed E-state index contributed by atoms with van der Waals surface area (Å²) < 4.78 is 1.04. The summed E-state index contributed by atoms with van der Waals surface area (Å²) in [5, 5.41) is 3.10. The third-order valence-electron chi connectivity index (χ3n) is 5.19. The van der Waals surface area contributed by atoms with E-state index in [1.165, 1.54) is 0 Å². The average Bonchev–Trinajstić information content (AvgIpc) is 2.68. The third kappa shape index (κ3) is 6.00. The zero-order valence-electron chi connectivity index (χ0n) is 17.7. The Labute approximate surface area is 181 Å². The van der Waals surface area contributed by atoms with Crippen molar-refractivity contribution in [3.63, 3.8) is 0 Å². The van der Waals surface area contributed by atoms with E-state index in [1.807, 2.05) is 44.2 Å². The number of aromatic nitrogens is 2. The van der Waals surface area contributed by atoms with Gasteiger partial charge >= 0.3 is 0 Å². The highest BCUT2D eigenvalue weighted by molar-refractivity contribution is 9.10. The number of amides is 1. The van der Waals surface area contributed by atoms with Crippen molar-refractivity contribution in [3.8, 4) is 0 Å². The average molecular weight is 460 g/mol. The van der Waals surface area contributed by atoms with Crippen molar-refractivity contribution in [2.24, 2.45) is 0 Å².